The highest BCUT2D eigenvalue weighted by atomic mass is 35.5. The lowest BCUT2D eigenvalue weighted by atomic mass is 9.84. The van der Waals surface area contributed by atoms with Crippen LogP contribution in [0.5, 0.6) is 5.75 Å². The minimum Gasteiger partial charge on any atom is -0.505 e. The predicted molar refractivity (Wildman–Crippen MR) is 141 cm³/mol. The molecule has 1 fully saturated rings. The van der Waals surface area contributed by atoms with E-state index in [9.17, 15) is 14.7 Å². The number of aromatic hydroxyl groups is 1. The first-order chi connectivity index (χ1) is 17.5. The Hall–Kier alpha value is -3.39. The number of esters is 2. The zero-order valence-corrected chi connectivity index (χ0v) is 22.2. The Kier molecular flexibility index (Phi) is 7.59. The Morgan fingerprint density at radius 1 is 1.11 bits per heavy atom. The largest absolute Gasteiger partial charge is 0.505 e. The van der Waals surface area contributed by atoms with Crippen molar-refractivity contribution in [2.24, 2.45) is 0 Å². The molecule has 2 aromatic carbocycles. The van der Waals surface area contributed by atoms with Crippen LogP contribution >= 0.6 is 11.6 Å². The Labute approximate surface area is 221 Å². The van der Waals surface area contributed by atoms with E-state index in [1.807, 2.05) is 26.8 Å². The van der Waals surface area contributed by atoms with Crippen LogP contribution in [-0.2, 0) is 30.9 Å². The van der Waals surface area contributed by atoms with Gasteiger partial charge < -0.3 is 14.6 Å². The molecule has 1 aromatic heterocycles. The number of rotatable bonds is 7. The summed E-state index contributed by atoms with van der Waals surface area (Å²) in [5.74, 6) is -2.23. The van der Waals surface area contributed by atoms with Gasteiger partial charge in [0.05, 0.1) is 0 Å². The summed E-state index contributed by atoms with van der Waals surface area (Å²) >= 11 is 6.10. The Bertz CT molecular complexity index is 1340. The summed E-state index contributed by atoms with van der Waals surface area (Å²) in [7, 11) is 0. The van der Waals surface area contributed by atoms with Gasteiger partial charge in [0.15, 0.2) is 0 Å². The van der Waals surface area contributed by atoms with Gasteiger partial charge in [0.25, 0.3) is 5.79 Å². The predicted octanol–water partition coefficient (Wildman–Crippen LogP) is 5.94. The SMILES string of the molecule is C=CC(=O)OC1(OC(=O)CCc2cc(-n3nc4ccc(Cl)cc4n3)c(O)c(C(C)(C)C)c2)CCCCC1. The minimum absolute atomic E-state index is 0.0720. The fourth-order valence-corrected chi connectivity index (χ4v) is 4.75. The third-order valence-corrected chi connectivity index (χ3v) is 6.74. The number of ether oxygens (including phenoxy) is 2. The minimum atomic E-state index is -1.24. The molecular formula is C28H32ClN3O5. The lowest BCUT2D eigenvalue weighted by molar-refractivity contribution is -0.235. The van der Waals surface area contributed by atoms with Crippen molar-refractivity contribution in [3.05, 3.63) is 59.1 Å². The number of carbonyl (C=O) groups is 2. The Morgan fingerprint density at radius 3 is 2.49 bits per heavy atom. The van der Waals surface area contributed by atoms with Crippen molar-refractivity contribution in [3.63, 3.8) is 0 Å². The number of hydrogen-bond acceptors (Lipinski definition) is 7. The van der Waals surface area contributed by atoms with Crippen LogP contribution < -0.4 is 0 Å². The zero-order valence-electron chi connectivity index (χ0n) is 21.4. The quantitative estimate of drug-likeness (QED) is 0.231. The molecule has 1 heterocycles. The van der Waals surface area contributed by atoms with Gasteiger partial charge in [-0.2, -0.15) is 0 Å². The third kappa shape index (κ3) is 6.13. The molecule has 1 saturated carbocycles. The van der Waals surface area contributed by atoms with E-state index in [1.165, 1.54) is 4.80 Å². The monoisotopic (exact) mass is 525 g/mol. The molecule has 0 spiro atoms. The Balaban J connectivity index is 1.59. The van der Waals surface area contributed by atoms with Crippen LogP contribution in [0.4, 0.5) is 0 Å². The van der Waals surface area contributed by atoms with Gasteiger partial charge in [-0.3, -0.25) is 4.79 Å². The second-order valence-corrected chi connectivity index (χ2v) is 10.9. The van der Waals surface area contributed by atoms with E-state index in [1.54, 1.807) is 24.3 Å². The van der Waals surface area contributed by atoms with Crippen molar-refractivity contribution in [2.75, 3.05) is 0 Å². The van der Waals surface area contributed by atoms with Crippen molar-refractivity contribution in [3.8, 4) is 11.4 Å². The molecule has 1 aliphatic carbocycles. The van der Waals surface area contributed by atoms with Crippen LogP contribution in [0.3, 0.4) is 0 Å². The fraction of sp³-hybridized carbons (Fsp3) is 0.429. The van der Waals surface area contributed by atoms with Gasteiger partial charge in [0.2, 0.25) is 0 Å². The highest BCUT2D eigenvalue weighted by Crippen LogP contribution is 2.37. The molecular weight excluding hydrogens is 494 g/mol. The van der Waals surface area contributed by atoms with Crippen LogP contribution in [0.2, 0.25) is 5.02 Å². The van der Waals surface area contributed by atoms with E-state index in [-0.39, 0.29) is 17.6 Å². The molecule has 8 nitrogen and oxygen atoms in total. The van der Waals surface area contributed by atoms with Crippen LogP contribution in [-0.4, -0.2) is 37.8 Å². The molecule has 0 atom stereocenters. The van der Waals surface area contributed by atoms with E-state index in [2.05, 4.69) is 16.8 Å². The second kappa shape index (κ2) is 10.5. The van der Waals surface area contributed by atoms with Gasteiger partial charge in [-0.05, 0) is 54.5 Å². The number of phenols is 1. The number of phenolic OH excluding ortho intramolecular Hbond substituents is 1. The molecule has 0 bridgehead atoms. The normalized spacial score (nSPS) is 15.4. The van der Waals surface area contributed by atoms with Crippen molar-refractivity contribution < 1.29 is 24.2 Å². The van der Waals surface area contributed by atoms with E-state index in [4.69, 9.17) is 21.1 Å². The summed E-state index contributed by atoms with van der Waals surface area (Å²) < 4.78 is 11.2. The Morgan fingerprint density at radius 2 is 1.81 bits per heavy atom. The number of carbonyl (C=O) groups excluding carboxylic acids is 2. The first kappa shape index (κ1) is 26.7. The van der Waals surface area contributed by atoms with Crippen molar-refractivity contribution in [1.82, 2.24) is 15.0 Å². The number of aromatic nitrogens is 3. The lowest BCUT2D eigenvalue weighted by Crippen LogP contribution is -2.41. The molecule has 0 radical (unpaired) electrons. The summed E-state index contributed by atoms with van der Waals surface area (Å²) in [6.45, 7) is 9.44. The van der Waals surface area contributed by atoms with Gasteiger partial charge in [0.1, 0.15) is 22.5 Å². The number of fused-ring (bicyclic) bond motifs is 1. The van der Waals surface area contributed by atoms with Gasteiger partial charge in [-0.15, -0.1) is 15.0 Å². The van der Waals surface area contributed by atoms with E-state index in [0.717, 1.165) is 30.9 Å². The number of halogens is 1. The van der Waals surface area contributed by atoms with Crippen molar-refractivity contribution in [1.29, 1.82) is 0 Å². The zero-order chi connectivity index (χ0) is 26.8. The van der Waals surface area contributed by atoms with Crippen LogP contribution in [0.1, 0.15) is 70.4 Å². The number of nitrogens with zero attached hydrogens (tertiary/aromatic N) is 3. The van der Waals surface area contributed by atoms with Gasteiger partial charge in [-0.1, -0.05) is 51.4 Å². The molecule has 9 heteroatoms. The molecule has 4 rings (SSSR count). The average Bonchev–Trinajstić information content (AvgIpc) is 3.26. The van der Waals surface area contributed by atoms with E-state index < -0.39 is 17.7 Å². The summed E-state index contributed by atoms with van der Waals surface area (Å²) in [4.78, 5) is 26.2. The molecule has 1 aliphatic rings. The molecule has 196 valence electrons. The maximum atomic E-state index is 12.9. The van der Waals surface area contributed by atoms with E-state index in [0.29, 0.717) is 46.6 Å². The van der Waals surface area contributed by atoms with Crippen LogP contribution in [0.15, 0.2) is 43.0 Å². The molecule has 3 aromatic rings. The molecule has 0 aliphatic heterocycles. The second-order valence-electron chi connectivity index (χ2n) is 10.5. The highest BCUT2D eigenvalue weighted by Gasteiger charge is 2.39. The molecule has 0 amide bonds. The van der Waals surface area contributed by atoms with Crippen molar-refractivity contribution in [2.45, 2.75) is 76.9 Å². The summed E-state index contributed by atoms with van der Waals surface area (Å²) in [5.41, 5.74) is 2.79. The van der Waals surface area contributed by atoms with Gasteiger partial charge in [-0.25, -0.2) is 4.79 Å². The summed E-state index contributed by atoms with van der Waals surface area (Å²) in [5, 5.41) is 20.7. The topological polar surface area (TPSA) is 104 Å². The number of benzene rings is 2. The van der Waals surface area contributed by atoms with Crippen molar-refractivity contribution >= 4 is 34.6 Å². The van der Waals surface area contributed by atoms with E-state index >= 15 is 0 Å². The first-order valence-electron chi connectivity index (χ1n) is 12.5. The summed E-state index contributed by atoms with van der Waals surface area (Å²) in [6.07, 6.45) is 5.07. The highest BCUT2D eigenvalue weighted by molar-refractivity contribution is 6.31. The standard InChI is InChI=1S/C28H32ClN3O5/c1-5-24(33)36-28(13-7-6-8-14-28)37-25(34)12-9-18-15-20(27(2,3)4)26(35)23(16-18)32-30-21-11-10-19(29)17-22(21)31-32/h5,10-11,15-17,35H,1,6-9,12-14H2,2-4H3. The average molecular weight is 526 g/mol. The molecule has 0 saturated heterocycles. The molecule has 1 N–H and O–H groups in total. The van der Waals surface area contributed by atoms with Gasteiger partial charge >= 0.3 is 11.9 Å². The van der Waals surface area contributed by atoms with Gasteiger partial charge in [0, 0.05) is 35.9 Å². The smallest absolute Gasteiger partial charge is 0.333 e. The summed E-state index contributed by atoms with van der Waals surface area (Å²) in [6, 6.07) is 8.87. The molecule has 0 unspecified atom stereocenters. The fourth-order valence-electron chi connectivity index (χ4n) is 4.59. The maximum Gasteiger partial charge on any atom is 0.333 e. The first-order valence-corrected chi connectivity index (χ1v) is 12.8. The van der Waals surface area contributed by atoms with Crippen LogP contribution in [0, 0.1) is 0 Å². The third-order valence-electron chi connectivity index (χ3n) is 6.50. The number of aryl methyl sites for hydroxylation is 1. The lowest BCUT2D eigenvalue weighted by Gasteiger charge is -2.35. The number of hydrogen-bond donors (Lipinski definition) is 1. The molecule has 37 heavy (non-hydrogen) atoms. The maximum absolute atomic E-state index is 12.9. The van der Waals surface area contributed by atoms with Crippen LogP contribution in [0.25, 0.3) is 16.7 Å².